The van der Waals surface area contributed by atoms with Crippen LogP contribution in [0.4, 0.5) is 0 Å². The molecule has 35 heavy (non-hydrogen) atoms. The van der Waals surface area contributed by atoms with Gasteiger partial charge in [0.05, 0.1) is 19.0 Å². The van der Waals surface area contributed by atoms with E-state index in [4.69, 9.17) is 0 Å². The fourth-order valence-electron chi connectivity index (χ4n) is 3.89. The predicted octanol–water partition coefficient (Wildman–Crippen LogP) is 0.994. The summed E-state index contributed by atoms with van der Waals surface area (Å²) >= 11 is 1.45. The molecule has 2 amide bonds. The van der Waals surface area contributed by atoms with Crippen LogP contribution in [0.3, 0.4) is 0 Å². The van der Waals surface area contributed by atoms with E-state index in [-0.39, 0.29) is 35.9 Å². The standard InChI is InChI=1S/C23H30N4O6S2/c1-16(2)13-19(24-21(29)14-17-7-6-12-34-17)23(30)25-18-8-5-10-26(15-20(18)28)35(32,33)22-9-3-4-11-27(22)31/h3-4,6-7,9,11-12,16,18-19H,5,8,10,13-15H2,1-2H3,(H,24,29)(H,25,30)/t18?,19-/m0/s1. The van der Waals surface area contributed by atoms with Crippen molar-refractivity contribution in [1.82, 2.24) is 14.9 Å². The Balaban J connectivity index is 1.66. The number of sulfonamides is 1. The summed E-state index contributed by atoms with van der Waals surface area (Å²) in [6, 6.07) is 6.02. The first-order chi connectivity index (χ1) is 16.6. The highest BCUT2D eigenvalue weighted by atomic mass is 32.2. The molecule has 0 aliphatic carbocycles. The third-order valence-electron chi connectivity index (χ3n) is 5.60. The normalized spacial score (nSPS) is 18.1. The molecule has 0 saturated carbocycles. The minimum atomic E-state index is -4.18. The summed E-state index contributed by atoms with van der Waals surface area (Å²) in [6.07, 6.45) is 2.20. The topological polar surface area (TPSA) is 140 Å². The fourth-order valence-corrected chi connectivity index (χ4v) is 6.06. The van der Waals surface area contributed by atoms with Gasteiger partial charge in [0.2, 0.25) is 11.8 Å². The number of carbonyl (C=O) groups is 3. The third kappa shape index (κ3) is 7.09. The summed E-state index contributed by atoms with van der Waals surface area (Å²) in [5, 5.41) is 18.9. The van der Waals surface area contributed by atoms with Crippen LogP contribution in [0.25, 0.3) is 0 Å². The van der Waals surface area contributed by atoms with Gasteiger partial charge >= 0.3 is 15.0 Å². The molecule has 12 heteroatoms. The Labute approximate surface area is 209 Å². The van der Waals surface area contributed by atoms with Crippen LogP contribution in [0.5, 0.6) is 0 Å². The van der Waals surface area contributed by atoms with E-state index in [1.54, 1.807) is 0 Å². The molecule has 2 aromatic heterocycles. The summed E-state index contributed by atoms with van der Waals surface area (Å²) in [4.78, 5) is 39.3. The van der Waals surface area contributed by atoms with Crippen LogP contribution in [0.2, 0.25) is 0 Å². The molecule has 0 spiro atoms. The molecule has 1 fully saturated rings. The minimum Gasteiger partial charge on any atom is -0.618 e. The SMILES string of the molecule is CC(C)C[C@H](NC(=O)Cc1cccs1)C(=O)NC1CCCN(S(=O)(=O)c2cccc[n+]2[O-])CC1=O. The van der Waals surface area contributed by atoms with Crippen LogP contribution >= 0.6 is 11.3 Å². The monoisotopic (exact) mass is 522 g/mol. The van der Waals surface area contributed by atoms with Crippen molar-refractivity contribution in [1.29, 1.82) is 0 Å². The van der Waals surface area contributed by atoms with Gasteiger partial charge in [0.1, 0.15) is 6.04 Å². The Bertz CT molecular complexity index is 1150. The van der Waals surface area contributed by atoms with Gasteiger partial charge in [-0.1, -0.05) is 19.9 Å². The molecular formula is C23H30N4O6S2. The van der Waals surface area contributed by atoms with Crippen molar-refractivity contribution in [2.24, 2.45) is 5.92 Å². The maximum Gasteiger partial charge on any atom is 0.323 e. The zero-order valence-corrected chi connectivity index (χ0v) is 21.3. The molecule has 0 radical (unpaired) electrons. The number of Topliss-reactive ketones (excluding diaryl/α,β-unsaturated/α-hetero) is 1. The van der Waals surface area contributed by atoms with Crippen molar-refractivity contribution in [2.75, 3.05) is 13.1 Å². The molecule has 2 aromatic rings. The Morgan fingerprint density at radius 1 is 1.26 bits per heavy atom. The van der Waals surface area contributed by atoms with Gasteiger partial charge in [-0.25, -0.2) is 8.42 Å². The first-order valence-electron chi connectivity index (χ1n) is 11.4. The number of rotatable bonds is 9. The first kappa shape index (κ1) is 26.8. The van der Waals surface area contributed by atoms with Crippen molar-refractivity contribution < 1.29 is 27.5 Å². The maximum atomic E-state index is 13.0. The second-order valence-electron chi connectivity index (χ2n) is 8.88. The minimum absolute atomic E-state index is 0.0440. The lowest BCUT2D eigenvalue weighted by atomic mass is 10.0. The lowest BCUT2D eigenvalue weighted by Crippen LogP contribution is -2.53. The number of nitrogens with one attached hydrogen (secondary N) is 2. The molecule has 3 heterocycles. The van der Waals surface area contributed by atoms with Crippen molar-refractivity contribution >= 4 is 39.0 Å². The van der Waals surface area contributed by atoms with Gasteiger partial charge in [0, 0.05) is 23.6 Å². The Morgan fingerprint density at radius 3 is 2.69 bits per heavy atom. The number of pyridine rings is 1. The molecule has 0 aromatic carbocycles. The van der Waals surface area contributed by atoms with Gasteiger partial charge in [0.25, 0.3) is 0 Å². The molecular weight excluding hydrogens is 492 g/mol. The second kappa shape index (κ2) is 11.7. The van der Waals surface area contributed by atoms with E-state index in [1.807, 2.05) is 31.4 Å². The van der Waals surface area contributed by atoms with Crippen molar-refractivity contribution in [3.05, 3.63) is 52.0 Å². The van der Waals surface area contributed by atoms with Gasteiger partial charge in [-0.3, -0.25) is 14.4 Å². The molecule has 1 unspecified atom stereocenters. The molecule has 190 valence electrons. The van der Waals surface area contributed by atoms with Gasteiger partial charge < -0.3 is 15.8 Å². The number of ketones is 1. The van der Waals surface area contributed by atoms with Crippen LogP contribution in [0.1, 0.15) is 38.0 Å². The van der Waals surface area contributed by atoms with Gasteiger partial charge in [0.15, 0.2) is 12.0 Å². The van der Waals surface area contributed by atoms with E-state index < -0.39 is 45.4 Å². The number of nitrogens with zero attached hydrogens (tertiary/aromatic N) is 2. The van der Waals surface area contributed by atoms with E-state index in [0.717, 1.165) is 15.4 Å². The predicted molar refractivity (Wildman–Crippen MR) is 130 cm³/mol. The average molecular weight is 523 g/mol. The summed E-state index contributed by atoms with van der Waals surface area (Å²) in [5.74, 6) is -1.12. The summed E-state index contributed by atoms with van der Waals surface area (Å²) < 4.78 is 27.1. The largest absolute Gasteiger partial charge is 0.618 e. The van der Waals surface area contributed by atoms with E-state index in [9.17, 15) is 28.0 Å². The second-order valence-corrected chi connectivity index (χ2v) is 11.8. The fraction of sp³-hybridized carbons (Fsp3) is 0.478. The molecule has 1 aliphatic rings. The van der Waals surface area contributed by atoms with E-state index in [2.05, 4.69) is 10.6 Å². The number of thiophene rings is 1. The molecule has 3 rings (SSSR count). The Morgan fingerprint density at radius 2 is 2.03 bits per heavy atom. The highest BCUT2D eigenvalue weighted by molar-refractivity contribution is 7.89. The van der Waals surface area contributed by atoms with Crippen molar-refractivity contribution in [3.8, 4) is 0 Å². The molecule has 0 bridgehead atoms. The molecule has 1 aliphatic heterocycles. The summed E-state index contributed by atoms with van der Waals surface area (Å²) in [5.41, 5.74) is 0. The van der Waals surface area contributed by atoms with Gasteiger partial charge in [-0.2, -0.15) is 9.04 Å². The van der Waals surface area contributed by atoms with E-state index in [0.29, 0.717) is 12.8 Å². The first-order valence-corrected chi connectivity index (χ1v) is 13.7. The van der Waals surface area contributed by atoms with E-state index >= 15 is 0 Å². The number of hydrogen-bond donors (Lipinski definition) is 2. The van der Waals surface area contributed by atoms with Crippen LogP contribution in [-0.2, 0) is 30.8 Å². The molecule has 2 N–H and O–H groups in total. The van der Waals surface area contributed by atoms with Gasteiger partial charge in [-0.05, 0) is 42.7 Å². The van der Waals surface area contributed by atoms with Crippen LogP contribution in [-0.4, -0.2) is 55.5 Å². The number of carbonyl (C=O) groups excluding carboxylic acids is 3. The highest BCUT2D eigenvalue weighted by Crippen LogP contribution is 2.18. The molecule has 1 saturated heterocycles. The summed E-state index contributed by atoms with van der Waals surface area (Å²) in [6.45, 7) is 3.44. The van der Waals surface area contributed by atoms with Crippen molar-refractivity contribution in [3.63, 3.8) is 0 Å². The lowest BCUT2D eigenvalue weighted by Gasteiger charge is -2.23. The number of hydrogen-bond acceptors (Lipinski definition) is 7. The summed E-state index contributed by atoms with van der Waals surface area (Å²) in [7, 11) is -4.18. The molecule has 10 nitrogen and oxygen atoms in total. The smallest absolute Gasteiger partial charge is 0.323 e. The third-order valence-corrected chi connectivity index (χ3v) is 8.32. The zero-order valence-electron chi connectivity index (χ0n) is 19.7. The van der Waals surface area contributed by atoms with Crippen LogP contribution in [0, 0.1) is 11.1 Å². The highest BCUT2D eigenvalue weighted by Gasteiger charge is 2.37. The number of amides is 2. The number of aromatic nitrogens is 1. The quantitative estimate of drug-likeness (QED) is 0.372. The average Bonchev–Trinajstić information content (AvgIpc) is 3.22. The van der Waals surface area contributed by atoms with E-state index in [1.165, 1.54) is 29.5 Å². The van der Waals surface area contributed by atoms with Gasteiger partial charge in [-0.15, -0.1) is 11.3 Å². The van der Waals surface area contributed by atoms with Crippen LogP contribution < -0.4 is 15.4 Å². The lowest BCUT2D eigenvalue weighted by molar-refractivity contribution is -0.646. The zero-order chi connectivity index (χ0) is 25.6. The molecule has 2 atom stereocenters. The Hall–Kier alpha value is -2.83. The maximum absolute atomic E-state index is 13.0. The van der Waals surface area contributed by atoms with Crippen LogP contribution in [0.15, 0.2) is 46.9 Å². The Kier molecular flexibility index (Phi) is 8.98. The van der Waals surface area contributed by atoms with Crippen molar-refractivity contribution in [2.45, 2.75) is 56.6 Å².